The van der Waals surface area contributed by atoms with Gasteiger partial charge in [0.1, 0.15) is 22.3 Å². The molecule has 0 N–H and O–H groups in total. The quantitative estimate of drug-likeness (QED) is 0.395. The first-order chi connectivity index (χ1) is 11.8. The molecule has 8 bridgehead atoms. The first-order valence-electron chi connectivity index (χ1n) is 7.66. The highest BCUT2D eigenvalue weighted by molar-refractivity contribution is 5.75. The van der Waals surface area contributed by atoms with E-state index < -0.39 is 0 Å². The van der Waals surface area contributed by atoms with Crippen molar-refractivity contribution >= 4 is 46.6 Å². The fraction of sp³-hybridized carbons (Fsp3) is 0. The van der Waals surface area contributed by atoms with Gasteiger partial charge in [-0.15, -0.1) is 0 Å². The van der Waals surface area contributed by atoms with Gasteiger partial charge in [0.2, 0.25) is 0 Å². The van der Waals surface area contributed by atoms with E-state index >= 15 is 0 Å². The summed E-state index contributed by atoms with van der Waals surface area (Å²) in [5, 5.41) is 0. The molecule has 0 unspecified atom stereocenters. The molecule has 24 heavy (non-hydrogen) atoms. The van der Waals surface area contributed by atoms with Crippen LogP contribution in [0.1, 0.15) is 22.8 Å². The van der Waals surface area contributed by atoms with Gasteiger partial charge in [-0.3, -0.25) is 0 Å². The molecule has 0 atom stereocenters. The van der Waals surface area contributed by atoms with Crippen LogP contribution in [-0.4, -0.2) is 9.97 Å². The Morgan fingerprint density at radius 1 is 0.458 bits per heavy atom. The van der Waals surface area contributed by atoms with Crippen molar-refractivity contribution < 1.29 is 8.83 Å². The Balaban J connectivity index is 1.85. The van der Waals surface area contributed by atoms with Gasteiger partial charge in [-0.1, -0.05) is 0 Å². The number of nitrogens with zero attached hydrogens (tertiary/aromatic N) is 2. The van der Waals surface area contributed by atoms with Crippen LogP contribution in [0.3, 0.4) is 0 Å². The average Bonchev–Trinajstić information content (AvgIpc) is 3.32. The van der Waals surface area contributed by atoms with Crippen LogP contribution in [0.25, 0.3) is 46.6 Å². The summed E-state index contributed by atoms with van der Waals surface area (Å²) < 4.78 is 11.6. The number of aromatic nitrogens is 2. The van der Waals surface area contributed by atoms with Crippen LogP contribution in [0.2, 0.25) is 0 Å². The molecule has 2 aliphatic rings. The molecule has 4 nitrogen and oxygen atoms in total. The monoisotopic (exact) mass is 312 g/mol. The number of hydrogen-bond donors (Lipinski definition) is 0. The number of rotatable bonds is 0. The maximum absolute atomic E-state index is 5.81. The molecule has 5 heterocycles. The highest BCUT2D eigenvalue weighted by Gasteiger charge is 2.02. The lowest BCUT2D eigenvalue weighted by Gasteiger charge is -1.84. The molecular formula is C20H12N2O2. The third kappa shape index (κ3) is 2.44. The van der Waals surface area contributed by atoms with E-state index in [1.165, 1.54) is 0 Å². The van der Waals surface area contributed by atoms with Crippen LogP contribution in [0.4, 0.5) is 0 Å². The van der Waals surface area contributed by atoms with E-state index in [2.05, 4.69) is 9.97 Å². The fourth-order valence-corrected chi connectivity index (χ4v) is 2.74. The van der Waals surface area contributed by atoms with Crippen LogP contribution in [0, 0.1) is 0 Å². The third-order valence-electron chi connectivity index (χ3n) is 3.82. The van der Waals surface area contributed by atoms with Crippen molar-refractivity contribution in [3.8, 4) is 0 Å². The molecule has 4 heteroatoms. The zero-order valence-electron chi connectivity index (χ0n) is 12.6. The first-order valence-corrected chi connectivity index (χ1v) is 7.66. The summed E-state index contributed by atoms with van der Waals surface area (Å²) in [5.74, 6) is 0. The molecule has 0 saturated heterocycles. The van der Waals surface area contributed by atoms with Gasteiger partial charge in [-0.05, 0) is 48.6 Å². The second kappa shape index (κ2) is 5.06. The Morgan fingerprint density at radius 2 is 0.750 bits per heavy atom. The summed E-state index contributed by atoms with van der Waals surface area (Å²) in [6, 6.07) is 15.3. The van der Waals surface area contributed by atoms with Gasteiger partial charge in [-0.2, -0.15) is 0 Å². The Morgan fingerprint density at radius 3 is 1.04 bits per heavy atom. The van der Waals surface area contributed by atoms with Crippen molar-refractivity contribution in [1.82, 2.24) is 9.97 Å². The van der Waals surface area contributed by atoms with Crippen LogP contribution in [0.5, 0.6) is 0 Å². The maximum Gasteiger partial charge on any atom is 0.129 e. The summed E-state index contributed by atoms with van der Waals surface area (Å²) in [5.41, 5.74) is 6.44. The van der Waals surface area contributed by atoms with Crippen LogP contribution in [-0.2, 0) is 0 Å². The highest BCUT2D eigenvalue weighted by Crippen LogP contribution is 2.19. The lowest BCUT2D eigenvalue weighted by Crippen LogP contribution is -1.72. The van der Waals surface area contributed by atoms with Crippen LogP contribution >= 0.6 is 0 Å². The molecule has 0 spiro atoms. The largest absolute Gasteiger partial charge is 0.457 e. The molecule has 0 radical (unpaired) electrons. The average molecular weight is 312 g/mol. The lowest BCUT2D eigenvalue weighted by atomic mass is 10.3. The van der Waals surface area contributed by atoms with Crippen molar-refractivity contribution in [2.45, 2.75) is 0 Å². The van der Waals surface area contributed by atoms with Gasteiger partial charge in [0.15, 0.2) is 0 Å². The van der Waals surface area contributed by atoms with E-state index in [0.29, 0.717) is 0 Å². The molecule has 0 fully saturated rings. The van der Waals surface area contributed by atoms with Crippen molar-refractivity contribution in [1.29, 1.82) is 0 Å². The zero-order valence-corrected chi connectivity index (χ0v) is 12.6. The number of hydrogen-bond acceptors (Lipinski definition) is 4. The van der Waals surface area contributed by atoms with Crippen molar-refractivity contribution in [3.63, 3.8) is 0 Å². The topological polar surface area (TPSA) is 52.1 Å². The van der Waals surface area contributed by atoms with E-state index in [0.717, 1.165) is 45.1 Å². The van der Waals surface area contributed by atoms with E-state index in [-0.39, 0.29) is 0 Å². The van der Waals surface area contributed by atoms with Crippen LogP contribution in [0.15, 0.2) is 57.4 Å². The molecule has 0 aromatic carbocycles. The minimum absolute atomic E-state index is 0.761. The van der Waals surface area contributed by atoms with Crippen molar-refractivity contribution in [2.24, 2.45) is 0 Å². The smallest absolute Gasteiger partial charge is 0.129 e. The molecule has 3 aromatic rings. The van der Waals surface area contributed by atoms with E-state index in [1.54, 1.807) is 0 Å². The molecule has 3 aromatic heterocycles. The Bertz CT molecular complexity index is 988. The predicted molar refractivity (Wildman–Crippen MR) is 94.7 cm³/mol. The molecule has 5 rings (SSSR count). The zero-order chi connectivity index (χ0) is 15.9. The Labute approximate surface area is 137 Å². The predicted octanol–water partition coefficient (Wildman–Crippen LogP) is 5.19. The summed E-state index contributed by atoms with van der Waals surface area (Å²) in [7, 11) is 0. The minimum Gasteiger partial charge on any atom is -0.457 e. The van der Waals surface area contributed by atoms with Gasteiger partial charge in [0, 0.05) is 24.3 Å². The molecule has 114 valence electrons. The molecule has 2 aliphatic heterocycles. The standard InChI is InChI=1S/C20H12N2O2/c1-2-14-10-18-7-8-20(24-18)12-16-4-3-15(22-16)11-19-6-5-17(23-19)9-13(1)21-14/h1-12H. The summed E-state index contributed by atoms with van der Waals surface area (Å²) in [6.45, 7) is 0. The molecule has 0 amide bonds. The number of furan rings is 2. The fourth-order valence-electron chi connectivity index (χ4n) is 2.74. The molecule has 0 aliphatic carbocycles. The minimum atomic E-state index is 0.761. The van der Waals surface area contributed by atoms with Crippen molar-refractivity contribution in [2.75, 3.05) is 0 Å². The third-order valence-corrected chi connectivity index (χ3v) is 3.82. The van der Waals surface area contributed by atoms with Gasteiger partial charge < -0.3 is 8.83 Å². The Kier molecular flexibility index (Phi) is 2.76. The number of fused-ring (bicyclic) bond motifs is 8. The van der Waals surface area contributed by atoms with Gasteiger partial charge in [0.05, 0.1) is 22.8 Å². The van der Waals surface area contributed by atoms with Crippen LogP contribution < -0.4 is 0 Å². The van der Waals surface area contributed by atoms with Gasteiger partial charge >= 0.3 is 0 Å². The van der Waals surface area contributed by atoms with Gasteiger partial charge in [-0.25, -0.2) is 9.97 Å². The second-order valence-corrected chi connectivity index (χ2v) is 5.65. The summed E-state index contributed by atoms with van der Waals surface area (Å²) >= 11 is 0. The normalized spacial score (nSPS) is 12.7. The lowest BCUT2D eigenvalue weighted by molar-refractivity contribution is 0.665. The molecule has 0 saturated carbocycles. The first kappa shape index (κ1) is 13.1. The maximum atomic E-state index is 5.81. The van der Waals surface area contributed by atoms with E-state index in [1.807, 2.05) is 72.8 Å². The van der Waals surface area contributed by atoms with E-state index in [4.69, 9.17) is 8.83 Å². The molecular weight excluding hydrogens is 300 g/mol. The summed E-state index contributed by atoms with van der Waals surface area (Å²) in [4.78, 5) is 9.11. The second-order valence-electron chi connectivity index (χ2n) is 5.65. The van der Waals surface area contributed by atoms with Crippen molar-refractivity contribution in [3.05, 3.63) is 71.3 Å². The highest BCUT2D eigenvalue weighted by atomic mass is 16.3. The van der Waals surface area contributed by atoms with E-state index in [9.17, 15) is 0 Å². The Hall–Kier alpha value is -3.40. The van der Waals surface area contributed by atoms with Gasteiger partial charge in [0.25, 0.3) is 0 Å². The SMILES string of the molecule is C1=Cc2cc3ccc(cc4nc(cc5ccc(cc1n2)o5)C=C4)o3. The summed E-state index contributed by atoms with van der Waals surface area (Å²) in [6.07, 6.45) is 7.82.